The molecule has 0 spiro atoms. The zero-order chi connectivity index (χ0) is 27.8. The van der Waals surface area contributed by atoms with Crippen molar-refractivity contribution in [3.05, 3.63) is 76.3 Å². The first-order valence-electron chi connectivity index (χ1n) is 13.8. The Bertz CT molecular complexity index is 1270. The quantitative estimate of drug-likeness (QED) is 0.326. The molecule has 1 atom stereocenters. The fourth-order valence-electron chi connectivity index (χ4n) is 4.71. The van der Waals surface area contributed by atoms with Gasteiger partial charge in [0.2, 0.25) is 21.8 Å². The van der Waals surface area contributed by atoms with E-state index in [0.717, 1.165) is 43.2 Å². The van der Waals surface area contributed by atoms with Crippen molar-refractivity contribution in [1.29, 1.82) is 0 Å². The van der Waals surface area contributed by atoms with Crippen LogP contribution < -0.4 is 10.0 Å². The van der Waals surface area contributed by atoms with Gasteiger partial charge in [0.1, 0.15) is 6.04 Å². The molecule has 1 fully saturated rings. The lowest BCUT2D eigenvalue weighted by Crippen LogP contribution is -2.47. The normalized spacial score (nSPS) is 16.3. The maximum atomic E-state index is 13.4. The SMILES string of the molecule is C[C@@H](C(=O)NCCC1=CCCCC1)N(Cc1ccc(Cl)cc1)C(=O)CCc1ccc(S(=O)(=O)NC2CC2)cc1. The molecule has 0 heterocycles. The largest absolute Gasteiger partial charge is 0.354 e. The molecule has 39 heavy (non-hydrogen) atoms. The second kappa shape index (κ2) is 13.6. The van der Waals surface area contributed by atoms with Gasteiger partial charge in [0.15, 0.2) is 0 Å². The third kappa shape index (κ3) is 8.92. The summed E-state index contributed by atoms with van der Waals surface area (Å²) in [4.78, 5) is 28.3. The van der Waals surface area contributed by atoms with Gasteiger partial charge in [-0.2, -0.15) is 0 Å². The number of hydrogen-bond acceptors (Lipinski definition) is 4. The summed E-state index contributed by atoms with van der Waals surface area (Å²) in [6.07, 6.45) is 10.1. The number of allylic oxidation sites excluding steroid dienone is 1. The molecule has 7 nitrogen and oxygen atoms in total. The molecule has 0 unspecified atom stereocenters. The van der Waals surface area contributed by atoms with Crippen LogP contribution in [-0.4, -0.2) is 43.8 Å². The summed E-state index contributed by atoms with van der Waals surface area (Å²) in [5, 5.41) is 3.62. The number of benzene rings is 2. The molecule has 2 amide bonds. The van der Waals surface area contributed by atoms with E-state index in [1.54, 1.807) is 48.2 Å². The number of nitrogens with one attached hydrogen (secondary N) is 2. The molecule has 4 rings (SSSR count). The number of halogens is 1. The number of aryl methyl sites for hydroxylation is 1. The second-order valence-electron chi connectivity index (χ2n) is 10.5. The molecule has 2 aromatic carbocycles. The van der Waals surface area contributed by atoms with Gasteiger partial charge >= 0.3 is 0 Å². The standard InChI is InChI=1S/C30H38ClN3O4S/c1-22(30(36)32-20-19-23-5-3-2-4-6-23)34(21-25-7-12-26(31)13-8-25)29(35)18-11-24-9-16-28(17-10-24)39(37,38)33-27-14-15-27/h5,7-10,12-13,16-17,22,27,33H,2-4,6,11,14-15,18-21H2,1H3,(H,32,36)/t22-/m0/s1. The van der Waals surface area contributed by atoms with Gasteiger partial charge in [-0.1, -0.05) is 47.5 Å². The van der Waals surface area contributed by atoms with Crippen molar-refractivity contribution in [2.45, 2.75) is 88.2 Å². The number of carbonyl (C=O) groups excluding carboxylic acids is 2. The second-order valence-corrected chi connectivity index (χ2v) is 12.7. The highest BCUT2D eigenvalue weighted by Gasteiger charge is 2.28. The van der Waals surface area contributed by atoms with Crippen molar-refractivity contribution >= 4 is 33.4 Å². The van der Waals surface area contributed by atoms with E-state index in [1.165, 1.54) is 18.4 Å². The van der Waals surface area contributed by atoms with Gasteiger partial charge in [0.05, 0.1) is 4.90 Å². The van der Waals surface area contributed by atoms with Crippen molar-refractivity contribution in [3.63, 3.8) is 0 Å². The van der Waals surface area contributed by atoms with Gasteiger partial charge in [-0.3, -0.25) is 9.59 Å². The molecular formula is C30H38ClN3O4S. The number of amides is 2. The Labute approximate surface area is 237 Å². The molecule has 0 aliphatic heterocycles. The molecule has 1 saturated carbocycles. The summed E-state index contributed by atoms with van der Waals surface area (Å²) in [7, 11) is -3.51. The molecule has 9 heteroatoms. The van der Waals surface area contributed by atoms with E-state index in [2.05, 4.69) is 16.1 Å². The van der Waals surface area contributed by atoms with Crippen LogP contribution in [0.3, 0.4) is 0 Å². The highest BCUT2D eigenvalue weighted by Crippen LogP contribution is 2.23. The topological polar surface area (TPSA) is 95.6 Å². The third-order valence-corrected chi connectivity index (χ3v) is 9.11. The number of carbonyl (C=O) groups is 2. The van der Waals surface area contributed by atoms with Crippen LogP contribution in [-0.2, 0) is 32.6 Å². The number of hydrogen-bond donors (Lipinski definition) is 2. The van der Waals surface area contributed by atoms with Crippen LogP contribution in [0.4, 0.5) is 0 Å². The summed E-state index contributed by atoms with van der Waals surface area (Å²) >= 11 is 6.04. The van der Waals surface area contributed by atoms with Crippen LogP contribution in [0.2, 0.25) is 5.02 Å². The predicted molar refractivity (Wildman–Crippen MR) is 154 cm³/mol. The van der Waals surface area contributed by atoms with Crippen LogP contribution in [0, 0.1) is 0 Å². The lowest BCUT2D eigenvalue weighted by Gasteiger charge is -2.29. The Balaban J connectivity index is 1.37. The highest BCUT2D eigenvalue weighted by molar-refractivity contribution is 7.89. The van der Waals surface area contributed by atoms with Gasteiger partial charge in [0, 0.05) is 30.6 Å². The fraction of sp³-hybridized carbons (Fsp3) is 0.467. The summed E-state index contributed by atoms with van der Waals surface area (Å²) in [5.74, 6) is -0.318. The van der Waals surface area contributed by atoms with Gasteiger partial charge < -0.3 is 10.2 Å². The van der Waals surface area contributed by atoms with Crippen molar-refractivity contribution in [2.24, 2.45) is 0 Å². The van der Waals surface area contributed by atoms with Crippen LogP contribution in [0.1, 0.15) is 69.4 Å². The molecular weight excluding hydrogens is 534 g/mol. The fourth-order valence-corrected chi connectivity index (χ4v) is 6.14. The van der Waals surface area contributed by atoms with E-state index < -0.39 is 16.1 Å². The molecule has 210 valence electrons. The van der Waals surface area contributed by atoms with Gasteiger partial charge in [0.25, 0.3) is 0 Å². The van der Waals surface area contributed by atoms with Gasteiger partial charge in [-0.05, 0) is 93.7 Å². The maximum Gasteiger partial charge on any atom is 0.242 e. The van der Waals surface area contributed by atoms with Gasteiger partial charge in [-0.15, -0.1) is 0 Å². The average Bonchev–Trinajstić information content (AvgIpc) is 3.75. The van der Waals surface area contributed by atoms with Crippen molar-refractivity contribution in [1.82, 2.24) is 14.9 Å². The lowest BCUT2D eigenvalue weighted by atomic mass is 9.97. The Hall–Kier alpha value is -2.68. The van der Waals surface area contributed by atoms with Crippen molar-refractivity contribution in [2.75, 3.05) is 6.54 Å². The Morgan fingerprint density at radius 3 is 2.33 bits per heavy atom. The average molecular weight is 572 g/mol. The minimum absolute atomic E-state index is 0.0439. The van der Waals surface area contributed by atoms with E-state index >= 15 is 0 Å². The maximum absolute atomic E-state index is 13.4. The Morgan fingerprint density at radius 1 is 1.00 bits per heavy atom. The number of sulfonamides is 1. The minimum Gasteiger partial charge on any atom is -0.354 e. The van der Waals surface area contributed by atoms with E-state index in [-0.39, 0.29) is 29.2 Å². The summed E-state index contributed by atoms with van der Waals surface area (Å²) in [6.45, 7) is 2.61. The van der Waals surface area contributed by atoms with Crippen LogP contribution in [0.5, 0.6) is 0 Å². The molecule has 0 radical (unpaired) electrons. The first kappa shape index (κ1) is 29.3. The number of rotatable bonds is 13. The summed E-state index contributed by atoms with van der Waals surface area (Å²) in [6, 6.07) is 13.3. The Kier molecular flexibility index (Phi) is 10.2. The monoisotopic (exact) mass is 571 g/mol. The van der Waals surface area contributed by atoms with E-state index in [1.807, 2.05) is 12.1 Å². The molecule has 0 aromatic heterocycles. The molecule has 0 bridgehead atoms. The molecule has 2 aliphatic rings. The number of nitrogens with zero attached hydrogens (tertiary/aromatic N) is 1. The van der Waals surface area contributed by atoms with Crippen molar-refractivity contribution in [3.8, 4) is 0 Å². The van der Waals surface area contributed by atoms with Crippen LogP contribution >= 0.6 is 11.6 Å². The molecule has 2 N–H and O–H groups in total. The van der Waals surface area contributed by atoms with Crippen LogP contribution in [0.15, 0.2) is 65.1 Å². The highest BCUT2D eigenvalue weighted by atomic mass is 35.5. The first-order valence-corrected chi connectivity index (χ1v) is 15.7. The first-order chi connectivity index (χ1) is 18.7. The van der Waals surface area contributed by atoms with Crippen molar-refractivity contribution < 1.29 is 18.0 Å². The smallest absolute Gasteiger partial charge is 0.242 e. The molecule has 2 aromatic rings. The van der Waals surface area contributed by atoms with E-state index in [9.17, 15) is 18.0 Å². The van der Waals surface area contributed by atoms with Crippen LogP contribution in [0.25, 0.3) is 0 Å². The summed E-state index contributed by atoms with van der Waals surface area (Å²) < 4.78 is 27.5. The molecule has 0 saturated heterocycles. The lowest BCUT2D eigenvalue weighted by molar-refractivity contribution is -0.140. The predicted octanol–water partition coefficient (Wildman–Crippen LogP) is 5.14. The van der Waals surface area contributed by atoms with Gasteiger partial charge in [-0.25, -0.2) is 13.1 Å². The zero-order valence-corrected chi connectivity index (χ0v) is 24.1. The summed E-state index contributed by atoms with van der Waals surface area (Å²) in [5.41, 5.74) is 3.14. The third-order valence-electron chi connectivity index (χ3n) is 7.32. The zero-order valence-electron chi connectivity index (χ0n) is 22.5. The van der Waals surface area contributed by atoms with E-state index in [0.29, 0.717) is 24.5 Å². The minimum atomic E-state index is -3.51. The Morgan fingerprint density at radius 2 is 1.69 bits per heavy atom. The molecule has 2 aliphatic carbocycles. The van der Waals surface area contributed by atoms with E-state index in [4.69, 9.17) is 11.6 Å².